The minimum absolute atomic E-state index is 0.279. The van der Waals surface area contributed by atoms with Crippen LogP contribution in [0.1, 0.15) is 37.9 Å². The number of ether oxygens (including phenoxy) is 1. The highest BCUT2D eigenvalue weighted by Gasteiger charge is 2.23. The van der Waals surface area contributed by atoms with Gasteiger partial charge in [-0.3, -0.25) is 4.79 Å². The van der Waals surface area contributed by atoms with Crippen molar-refractivity contribution in [3.05, 3.63) is 51.5 Å². The Balaban J connectivity index is 2.27. The van der Waals surface area contributed by atoms with Gasteiger partial charge in [-0.1, -0.05) is 48.1 Å². The molecule has 23 heavy (non-hydrogen) atoms. The molecule has 1 aromatic heterocycles. The highest BCUT2D eigenvalue weighted by atomic mass is 35.5. The van der Waals surface area contributed by atoms with Crippen molar-refractivity contribution in [2.75, 3.05) is 0 Å². The summed E-state index contributed by atoms with van der Waals surface area (Å²) in [6.07, 6.45) is 6.53. The van der Waals surface area contributed by atoms with Crippen LogP contribution >= 0.6 is 34.8 Å². The van der Waals surface area contributed by atoms with Crippen molar-refractivity contribution < 1.29 is 9.53 Å². The molecule has 1 atom stereocenters. The minimum Gasteiger partial charge on any atom is -0.455 e. The van der Waals surface area contributed by atoms with Crippen LogP contribution in [0.25, 0.3) is 0 Å². The molecule has 7 heteroatoms. The lowest BCUT2D eigenvalue weighted by atomic mass is 10.1. The quantitative estimate of drug-likeness (QED) is 0.615. The molecule has 2 aromatic rings. The Bertz CT molecular complexity index is 636. The van der Waals surface area contributed by atoms with E-state index in [0.717, 1.165) is 12.8 Å². The van der Waals surface area contributed by atoms with Crippen molar-refractivity contribution in [2.24, 2.45) is 0 Å². The first-order chi connectivity index (χ1) is 11.0. The third-order valence-corrected chi connectivity index (χ3v) is 4.15. The highest BCUT2D eigenvalue weighted by Crippen LogP contribution is 2.36. The summed E-state index contributed by atoms with van der Waals surface area (Å²) < 4.78 is 7.42. The molecule has 1 unspecified atom stereocenters. The van der Waals surface area contributed by atoms with E-state index in [9.17, 15) is 4.79 Å². The first-order valence-corrected chi connectivity index (χ1v) is 8.44. The first kappa shape index (κ1) is 18.1. The number of esters is 1. The van der Waals surface area contributed by atoms with Crippen LogP contribution in [0.5, 0.6) is 0 Å². The molecule has 0 radical (unpaired) electrons. The number of benzene rings is 1. The van der Waals surface area contributed by atoms with E-state index in [1.807, 2.05) is 6.92 Å². The Morgan fingerprint density at radius 1 is 1.30 bits per heavy atom. The number of imidazole rings is 1. The van der Waals surface area contributed by atoms with Gasteiger partial charge in [0.25, 0.3) is 0 Å². The lowest BCUT2D eigenvalue weighted by Gasteiger charge is -2.21. The Morgan fingerprint density at radius 2 is 2.00 bits per heavy atom. The van der Waals surface area contributed by atoms with Crippen LogP contribution in [0.4, 0.5) is 0 Å². The normalized spacial score (nSPS) is 12.2. The first-order valence-electron chi connectivity index (χ1n) is 7.31. The molecule has 1 heterocycles. The SMILES string of the molecule is CCCCC(=O)OC(Cn1ccnc1)c1c(Cl)cc(Cl)cc1Cl. The number of unbranched alkanes of at least 4 members (excludes halogenated alkanes) is 1. The van der Waals surface area contributed by atoms with Crippen LogP contribution in [-0.2, 0) is 16.1 Å². The summed E-state index contributed by atoms with van der Waals surface area (Å²) in [6, 6.07) is 3.18. The van der Waals surface area contributed by atoms with Crippen molar-refractivity contribution in [3.63, 3.8) is 0 Å². The number of carbonyl (C=O) groups is 1. The van der Waals surface area contributed by atoms with Gasteiger partial charge in [-0.25, -0.2) is 4.98 Å². The van der Waals surface area contributed by atoms with Gasteiger partial charge in [0.05, 0.1) is 22.9 Å². The fourth-order valence-corrected chi connectivity index (χ4v) is 3.23. The highest BCUT2D eigenvalue weighted by molar-refractivity contribution is 6.39. The van der Waals surface area contributed by atoms with Gasteiger partial charge in [0.15, 0.2) is 0 Å². The van der Waals surface area contributed by atoms with Gasteiger partial charge in [0.2, 0.25) is 0 Å². The minimum atomic E-state index is -0.606. The summed E-state index contributed by atoms with van der Waals surface area (Å²) in [5, 5.41) is 1.18. The van der Waals surface area contributed by atoms with Gasteiger partial charge in [0, 0.05) is 29.4 Å². The van der Waals surface area contributed by atoms with E-state index in [0.29, 0.717) is 33.6 Å². The summed E-state index contributed by atoms with van der Waals surface area (Å²) in [5.74, 6) is -0.279. The fourth-order valence-electron chi connectivity index (χ4n) is 2.17. The molecule has 0 aliphatic carbocycles. The Kier molecular flexibility index (Phi) is 6.75. The zero-order valence-electron chi connectivity index (χ0n) is 12.6. The Labute approximate surface area is 150 Å². The second-order valence-electron chi connectivity index (χ2n) is 5.12. The molecule has 1 aromatic carbocycles. The van der Waals surface area contributed by atoms with Crippen LogP contribution in [0, 0.1) is 0 Å². The van der Waals surface area contributed by atoms with Crippen molar-refractivity contribution in [1.29, 1.82) is 0 Å². The van der Waals surface area contributed by atoms with Gasteiger partial charge in [0.1, 0.15) is 6.10 Å². The van der Waals surface area contributed by atoms with Gasteiger partial charge in [-0.2, -0.15) is 0 Å². The second-order valence-corrected chi connectivity index (χ2v) is 6.38. The second kappa shape index (κ2) is 8.57. The summed E-state index contributed by atoms with van der Waals surface area (Å²) >= 11 is 18.5. The molecule has 2 rings (SSSR count). The number of rotatable bonds is 7. The van der Waals surface area contributed by atoms with Crippen LogP contribution in [0.2, 0.25) is 15.1 Å². The zero-order chi connectivity index (χ0) is 16.8. The van der Waals surface area contributed by atoms with E-state index in [4.69, 9.17) is 39.5 Å². The summed E-state index contributed by atoms with van der Waals surface area (Å²) in [4.78, 5) is 16.0. The number of hydrogen-bond donors (Lipinski definition) is 0. The van der Waals surface area contributed by atoms with Gasteiger partial charge in [-0.15, -0.1) is 0 Å². The average Bonchev–Trinajstić information content (AvgIpc) is 2.96. The Morgan fingerprint density at radius 3 is 2.57 bits per heavy atom. The van der Waals surface area contributed by atoms with Crippen LogP contribution in [0.15, 0.2) is 30.9 Å². The van der Waals surface area contributed by atoms with Crippen LogP contribution in [0.3, 0.4) is 0 Å². The van der Waals surface area contributed by atoms with Crippen LogP contribution in [-0.4, -0.2) is 15.5 Å². The third-order valence-electron chi connectivity index (χ3n) is 3.31. The van der Waals surface area contributed by atoms with Crippen molar-refractivity contribution in [2.45, 2.75) is 38.8 Å². The fraction of sp³-hybridized carbons (Fsp3) is 0.375. The number of nitrogens with zero attached hydrogens (tertiary/aromatic N) is 2. The van der Waals surface area contributed by atoms with E-state index in [-0.39, 0.29) is 5.97 Å². The molecule has 0 bridgehead atoms. The summed E-state index contributed by atoms with van der Waals surface area (Å²) in [5.41, 5.74) is 0.552. The molecule has 0 amide bonds. The number of hydrogen-bond acceptors (Lipinski definition) is 3. The zero-order valence-corrected chi connectivity index (χ0v) is 14.9. The van der Waals surface area contributed by atoms with E-state index in [1.165, 1.54) is 0 Å². The number of carbonyl (C=O) groups excluding carboxylic acids is 1. The molecule has 124 valence electrons. The lowest BCUT2D eigenvalue weighted by molar-refractivity contribution is -0.150. The van der Waals surface area contributed by atoms with E-state index in [1.54, 1.807) is 35.4 Å². The smallest absolute Gasteiger partial charge is 0.306 e. The van der Waals surface area contributed by atoms with Gasteiger partial charge in [-0.05, 0) is 18.6 Å². The molecule has 4 nitrogen and oxygen atoms in total. The lowest BCUT2D eigenvalue weighted by Crippen LogP contribution is -2.17. The largest absolute Gasteiger partial charge is 0.455 e. The summed E-state index contributed by atoms with van der Waals surface area (Å²) in [6.45, 7) is 2.39. The molecular formula is C16H17Cl3N2O2. The third kappa shape index (κ3) is 5.13. The topological polar surface area (TPSA) is 44.1 Å². The molecule has 0 spiro atoms. The van der Waals surface area contributed by atoms with E-state index in [2.05, 4.69) is 4.98 Å². The summed E-state index contributed by atoms with van der Waals surface area (Å²) in [7, 11) is 0. The maximum Gasteiger partial charge on any atom is 0.306 e. The van der Waals surface area contributed by atoms with Crippen molar-refractivity contribution in [3.8, 4) is 0 Å². The van der Waals surface area contributed by atoms with Gasteiger partial charge >= 0.3 is 5.97 Å². The van der Waals surface area contributed by atoms with E-state index < -0.39 is 6.10 Å². The predicted molar refractivity (Wildman–Crippen MR) is 92.1 cm³/mol. The van der Waals surface area contributed by atoms with Crippen molar-refractivity contribution >= 4 is 40.8 Å². The van der Waals surface area contributed by atoms with Crippen molar-refractivity contribution in [1.82, 2.24) is 9.55 Å². The molecule has 0 aliphatic rings. The molecule has 0 fully saturated rings. The number of halogens is 3. The predicted octanol–water partition coefficient (Wildman–Crippen LogP) is 5.32. The standard InChI is InChI=1S/C16H17Cl3N2O2/c1-2-3-4-15(22)23-14(9-21-6-5-20-10-21)16-12(18)7-11(17)8-13(16)19/h5-8,10,14H,2-4,9H2,1H3. The maximum absolute atomic E-state index is 12.0. The number of aromatic nitrogens is 2. The molecular weight excluding hydrogens is 359 g/mol. The Hall–Kier alpha value is -1.23. The molecule has 0 N–H and O–H groups in total. The molecule has 0 saturated heterocycles. The van der Waals surface area contributed by atoms with Gasteiger partial charge < -0.3 is 9.30 Å². The van der Waals surface area contributed by atoms with E-state index >= 15 is 0 Å². The molecule has 0 aliphatic heterocycles. The average molecular weight is 376 g/mol. The van der Waals surface area contributed by atoms with Crippen LogP contribution < -0.4 is 0 Å². The molecule has 0 saturated carbocycles. The monoisotopic (exact) mass is 374 g/mol. The maximum atomic E-state index is 12.0.